The van der Waals surface area contributed by atoms with Crippen molar-refractivity contribution in [1.82, 2.24) is 0 Å². The number of benzene rings is 1. The predicted octanol–water partition coefficient (Wildman–Crippen LogP) is 2.36. The molecule has 0 aromatic heterocycles. The maximum absolute atomic E-state index is 11.6. The average Bonchev–Trinajstić information content (AvgIpc) is 2.14. The summed E-state index contributed by atoms with van der Waals surface area (Å²) in [5.74, 6) is -0.822. The molecular formula is C12H15NO4. The standard InChI is InChI=1S/C12H15NO4/c1-12(2,3)17-11(15)16-10(14)8-6-4-5-7-9(8)13/h4-7H,13H2,1-3H3. The summed E-state index contributed by atoms with van der Waals surface area (Å²) < 4.78 is 9.36. The topological polar surface area (TPSA) is 78.6 Å². The van der Waals surface area contributed by atoms with Gasteiger partial charge in [0.05, 0.1) is 5.56 Å². The zero-order chi connectivity index (χ0) is 13.1. The highest BCUT2D eigenvalue weighted by atomic mass is 16.7. The molecular weight excluding hydrogens is 222 g/mol. The Morgan fingerprint density at radius 1 is 1.18 bits per heavy atom. The zero-order valence-electron chi connectivity index (χ0n) is 10.0. The van der Waals surface area contributed by atoms with Gasteiger partial charge in [0.2, 0.25) is 0 Å². The van der Waals surface area contributed by atoms with Gasteiger partial charge in [0, 0.05) is 5.69 Å². The smallest absolute Gasteiger partial charge is 0.428 e. The fourth-order valence-corrected chi connectivity index (χ4v) is 1.08. The first-order valence-electron chi connectivity index (χ1n) is 5.09. The van der Waals surface area contributed by atoms with Crippen molar-refractivity contribution < 1.29 is 19.1 Å². The van der Waals surface area contributed by atoms with Crippen molar-refractivity contribution in [2.75, 3.05) is 5.73 Å². The molecule has 1 rings (SSSR count). The van der Waals surface area contributed by atoms with Gasteiger partial charge in [-0.3, -0.25) is 0 Å². The van der Waals surface area contributed by atoms with Crippen LogP contribution < -0.4 is 5.73 Å². The van der Waals surface area contributed by atoms with Crippen LogP contribution in [0.4, 0.5) is 10.5 Å². The molecule has 0 saturated heterocycles. The number of esters is 1. The van der Waals surface area contributed by atoms with Crippen LogP contribution in [-0.2, 0) is 9.47 Å². The second-order valence-corrected chi connectivity index (χ2v) is 4.44. The largest absolute Gasteiger partial charge is 0.516 e. The third-order valence-electron chi connectivity index (χ3n) is 1.75. The molecule has 0 spiro atoms. The van der Waals surface area contributed by atoms with E-state index in [0.717, 1.165) is 0 Å². The Bertz CT molecular complexity index is 434. The van der Waals surface area contributed by atoms with Gasteiger partial charge in [-0.2, -0.15) is 0 Å². The van der Waals surface area contributed by atoms with Gasteiger partial charge in [-0.15, -0.1) is 0 Å². The summed E-state index contributed by atoms with van der Waals surface area (Å²) in [4.78, 5) is 22.8. The highest BCUT2D eigenvalue weighted by molar-refractivity contribution is 5.99. The number of nitrogen functional groups attached to an aromatic ring is 1. The summed E-state index contributed by atoms with van der Waals surface area (Å²) in [5.41, 5.74) is 5.25. The van der Waals surface area contributed by atoms with Crippen LogP contribution in [0.2, 0.25) is 0 Å². The van der Waals surface area contributed by atoms with E-state index in [1.807, 2.05) is 0 Å². The minimum atomic E-state index is -1.04. The fraction of sp³-hybridized carbons (Fsp3) is 0.333. The maximum atomic E-state index is 11.6. The molecule has 0 aliphatic carbocycles. The van der Waals surface area contributed by atoms with E-state index in [9.17, 15) is 9.59 Å². The molecule has 0 amide bonds. The predicted molar refractivity (Wildman–Crippen MR) is 62.5 cm³/mol. The third-order valence-corrected chi connectivity index (χ3v) is 1.75. The van der Waals surface area contributed by atoms with Gasteiger partial charge in [0.15, 0.2) is 0 Å². The van der Waals surface area contributed by atoms with Crippen LogP contribution in [0.15, 0.2) is 24.3 Å². The molecule has 1 aromatic rings. The van der Waals surface area contributed by atoms with Crippen molar-refractivity contribution in [1.29, 1.82) is 0 Å². The van der Waals surface area contributed by atoms with E-state index in [1.54, 1.807) is 39.0 Å². The van der Waals surface area contributed by atoms with Gasteiger partial charge in [0.25, 0.3) is 0 Å². The van der Waals surface area contributed by atoms with E-state index in [4.69, 9.17) is 10.5 Å². The molecule has 0 saturated carbocycles. The number of anilines is 1. The van der Waals surface area contributed by atoms with Crippen molar-refractivity contribution in [3.05, 3.63) is 29.8 Å². The molecule has 0 aliphatic heterocycles. The lowest BCUT2D eigenvalue weighted by Crippen LogP contribution is -2.26. The molecule has 92 valence electrons. The molecule has 0 bridgehead atoms. The number of nitrogens with two attached hydrogens (primary N) is 1. The quantitative estimate of drug-likeness (QED) is 0.461. The molecule has 0 radical (unpaired) electrons. The van der Waals surface area contributed by atoms with Crippen LogP contribution >= 0.6 is 0 Å². The van der Waals surface area contributed by atoms with Crippen molar-refractivity contribution in [2.24, 2.45) is 0 Å². The average molecular weight is 237 g/mol. The number of carbonyl (C=O) groups excluding carboxylic acids is 2. The van der Waals surface area contributed by atoms with Gasteiger partial charge in [-0.05, 0) is 32.9 Å². The van der Waals surface area contributed by atoms with E-state index in [2.05, 4.69) is 4.74 Å². The monoisotopic (exact) mass is 237 g/mol. The highest BCUT2D eigenvalue weighted by Gasteiger charge is 2.21. The third kappa shape index (κ3) is 4.14. The molecule has 5 heteroatoms. The summed E-state index contributed by atoms with van der Waals surface area (Å²) in [6, 6.07) is 6.33. The first-order chi connectivity index (χ1) is 7.79. The summed E-state index contributed by atoms with van der Waals surface area (Å²) in [5, 5.41) is 0. The first-order valence-corrected chi connectivity index (χ1v) is 5.09. The number of hydrogen-bond donors (Lipinski definition) is 1. The molecule has 17 heavy (non-hydrogen) atoms. The fourth-order valence-electron chi connectivity index (χ4n) is 1.08. The van der Waals surface area contributed by atoms with E-state index in [0.29, 0.717) is 0 Å². The van der Waals surface area contributed by atoms with Gasteiger partial charge < -0.3 is 15.2 Å². The Labute approximate surface area is 99.5 Å². The molecule has 0 atom stereocenters. The van der Waals surface area contributed by atoms with Gasteiger partial charge in [-0.1, -0.05) is 12.1 Å². The highest BCUT2D eigenvalue weighted by Crippen LogP contribution is 2.14. The SMILES string of the molecule is CC(C)(C)OC(=O)OC(=O)c1ccccc1N. The number of ether oxygens (including phenoxy) is 2. The molecule has 0 heterocycles. The lowest BCUT2D eigenvalue weighted by atomic mass is 10.2. The molecule has 1 aromatic carbocycles. The van der Waals surface area contributed by atoms with Gasteiger partial charge >= 0.3 is 12.1 Å². The summed E-state index contributed by atoms with van der Waals surface area (Å²) in [6.07, 6.45) is -1.04. The van der Waals surface area contributed by atoms with E-state index < -0.39 is 17.7 Å². The van der Waals surface area contributed by atoms with Crippen LogP contribution in [0.1, 0.15) is 31.1 Å². The molecule has 0 fully saturated rings. The second-order valence-electron chi connectivity index (χ2n) is 4.44. The minimum Gasteiger partial charge on any atom is -0.428 e. The summed E-state index contributed by atoms with van der Waals surface area (Å²) in [6.45, 7) is 5.03. The van der Waals surface area contributed by atoms with Gasteiger partial charge in [-0.25, -0.2) is 9.59 Å². The summed E-state index contributed by atoms with van der Waals surface area (Å²) >= 11 is 0. The van der Waals surface area contributed by atoms with Crippen LogP contribution in [-0.4, -0.2) is 17.7 Å². The van der Waals surface area contributed by atoms with Crippen molar-refractivity contribution in [3.8, 4) is 0 Å². The van der Waals surface area contributed by atoms with E-state index >= 15 is 0 Å². The lowest BCUT2D eigenvalue weighted by Gasteiger charge is -2.18. The number of carbonyl (C=O) groups is 2. The van der Waals surface area contributed by atoms with Crippen LogP contribution in [0, 0.1) is 0 Å². The number of para-hydroxylation sites is 1. The Morgan fingerprint density at radius 2 is 1.76 bits per heavy atom. The number of hydrogen-bond acceptors (Lipinski definition) is 5. The van der Waals surface area contributed by atoms with E-state index in [-0.39, 0.29) is 11.3 Å². The zero-order valence-corrected chi connectivity index (χ0v) is 10.0. The summed E-state index contributed by atoms with van der Waals surface area (Å²) in [7, 11) is 0. The number of rotatable bonds is 1. The Hall–Kier alpha value is -2.04. The lowest BCUT2D eigenvalue weighted by molar-refractivity contribution is -0.00148. The molecule has 0 aliphatic rings. The van der Waals surface area contributed by atoms with E-state index in [1.165, 1.54) is 6.07 Å². The van der Waals surface area contributed by atoms with Crippen LogP contribution in [0.25, 0.3) is 0 Å². The van der Waals surface area contributed by atoms with Crippen molar-refractivity contribution in [3.63, 3.8) is 0 Å². The first kappa shape index (κ1) is 13.0. The Morgan fingerprint density at radius 3 is 2.29 bits per heavy atom. The molecule has 5 nitrogen and oxygen atoms in total. The maximum Gasteiger partial charge on any atom is 0.516 e. The second kappa shape index (κ2) is 4.86. The van der Waals surface area contributed by atoms with Crippen LogP contribution in [0.5, 0.6) is 0 Å². The molecule has 0 unspecified atom stereocenters. The normalized spacial score (nSPS) is 10.8. The Kier molecular flexibility index (Phi) is 3.73. The Balaban J connectivity index is 2.68. The van der Waals surface area contributed by atoms with Crippen LogP contribution in [0.3, 0.4) is 0 Å². The minimum absolute atomic E-state index is 0.137. The molecule has 2 N–H and O–H groups in total. The van der Waals surface area contributed by atoms with Crippen molar-refractivity contribution >= 4 is 17.8 Å². The van der Waals surface area contributed by atoms with Gasteiger partial charge in [0.1, 0.15) is 5.60 Å². The van der Waals surface area contributed by atoms with Crippen molar-refractivity contribution in [2.45, 2.75) is 26.4 Å².